The average molecular weight is 257 g/mol. The van der Waals surface area contributed by atoms with Gasteiger partial charge in [0.05, 0.1) is 18.5 Å². The van der Waals surface area contributed by atoms with Crippen LogP contribution in [-0.4, -0.2) is 16.0 Å². The summed E-state index contributed by atoms with van der Waals surface area (Å²) in [5.74, 6) is 0.849. The minimum Gasteiger partial charge on any atom is -0.467 e. The van der Waals surface area contributed by atoms with Crippen LogP contribution in [0.3, 0.4) is 0 Å². The first-order chi connectivity index (χ1) is 8.55. The van der Waals surface area contributed by atoms with Gasteiger partial charge in [-0.15, -0.1) is 0 Å². The molecule has 0 radical (unpaired) electrons. The molecular formula is C11H10F3N3O. The molecule has 0 unspecified atom stereocenters. The van der Waals surface area contributed by atoms with E-state index in [1.54, 1.807) is 12.1 Å². The van der Waals surface area contributed by atoms with Crippen LogP contribution < -0.4 is 5.32 Å². The smallest absolute Gasteiger partial charge is 0.410 e. The Morgan fingerprint density at radius 2 is 2.22 bits per heavy atom. The zero-order valence-corrected chi connectivity index (χ0v) is 9.19. The number of halogens is 3. The third-order valence-electron chi connectivity index (χ3n) is 3.01. The van der Waals surface area contributed by atoms with Crippen LogP contribution in [0, 0.1) is 0 Å². The molecule has 0 fully saturated rings. The minimum atomic E-state index is -4.33. The highest BCUT2D eigenvalue weighted by atomic mass is 19.4. The Balaban J connectivity index is 1.97. The van der Waals surface area contributed by atoms with Gasteiger partial charge in [0, 0.05) is 12.5 Å². The van der Waals surface area contributed by atoms with Crippen molar-refractivity contribution in [3.05, 3.63) is 36.4 Å². The molecule has 0 saturated carbocycles. The maximum absolute atomic E-state index is 13.0. The first kappa shape index (κ1) is 11.2. The minimum absolute atomic E-state index is 0.133. The fourth-order valence-corrected chi connectivity index (χ4v) is 2.19. The number of anilines is 1. The molecule has 0 saturated heterocycles. The summed E-state index contributed by atoms with van der Waals surface area (Å²) in [7, 11) is 0. The van der Waals surface area contributed by atoms with Crippen molar-refractivity contribution in [1.29, 1.82) is 0 Å². The Morgan fingerprint density at radius 1 is 1.39 bits per heavy atom. The van der Waals surface area contributed by atoms with Crippen LogP contribution in [0.4, 0.5) is 19.0 Å². The molecule has 0 amide bonds. The van der Waals surface area contributed by atoms with E-state index in [2.05, 4.69) is 10.4 Å². The van der Waals surface area contributed by atoms with Gasteiger partial charge < -0.3 is 9.73 Å². The highest BCUT2D eigenvalue weighted by molar-refractivity contribution is 5.39. The molecule has 0 bridgehead atoms. The van der Waals surface area contributed by atoms with Crippen LogP contribution in [0.15, 0.2) is 35.1 Å². The van der Waals surface area contributed by atoms with E-state index in [9.17, 15) is 13.2 Å². The Kier molecular flexibility index (Phi) is 2.36. The SMILES string of the molecule is FC(F)(F)[C@@H]1C[C@@H](c2ccco2)Nc2ccnn21. The third-order valence-corrected chi connectivity index (χ3v) is 3.01. The summed E-state index contributed by atoms with van der Waals surface area (Å²) < 4.78 is 45.1. The number of hydrogen-bond donors (Lipinski definition) is 1. The maximum Gasteiger partial charge on any atom is 0.410 e. The first-order valence-electron chi connectivity index (χ1n) is 5.46. The molecule has 1 aliphatic heterocycles. The lowest BCUT2D eigenvalue weighted by molar-refractivity contribution is -0.174. The zero-order chi connectivity index (χ0) is 12.8. The van der Waals surface area contributed by atoms with E-state index >= 15 is 0 Å². The van der Waals surface area contributed by atoms with Gasteiger partial charge in [-0.1, -0.05) is 0 Å². The van der Waals surface area contributed by atoms with Gasteiger partial charge >= 0.3 is 6.18 Å². The molecule has 3 rings (SSSR count). The van der Waals surface area contributed by atoms with Crippen molar-refractivity contribution in [3.8, 4) is 0 Å². The summed E-state index contributed by atoms with van der Waals surface area (Å²) in [5, 5.41) is 6.71. The fraction of sp³-hybridized carbons (Fsp3) is 0.364. The molecule has 18 heavy (non-hydrogen) atoms. The molecule has 2 atom stereocenters. The van der Waals surface area contributed by atoms with Gasteiger partial charge in [-0.3, -0.25) is 0 Å². The Hall–Kier alpha value is -1.92. The number of nitrogens with one attached hydrogen (secondary N) is 1. The van der Waals surface area contributed by atoms with E-state index in [1.807, 2.05) is 0 Å². The lowest BCUT2D eigenvalue weighted by Gasteiger charge is -2.32. The number of furan rings is 1. The van der Waals surface area contributed by atoms with Crippen LogP contribution >= 0.6 is 0 Å². The summed E-state index contributed by atoms with van der Waals surface area (Å²) in [4.78, 5) is 0. The summed E-state index contributed by atoms with van der Waals surface area (Å²) in [5.41, 5.74) is 0. The Labute approximate surface area is 100 Å². The van der Waals surface area contributed by atoms with E-state index in [0.717, 1.165) is 4.68 Å². The van der Waals surface area contributed by atoms with Crippen molar-refractivity contribution in [1.82, 2.24) is 9.78 Å². The predicted molar refractivity (Wildman–Crippen MR) is 57.0 cm³/mol. The monoisotopic (exact) mass is 257 g/mol. The third kappa shape index (κ3) is 1.75. The molecule has 0 aromatic carbocycles. The highest BCUT2D eigenvalue weighted by Crippen LogP contribution is 2.43. The maximum atomic E-state index is 13.0. The van der Waals surface area contributed by atoms with Crippen molar-refractivity contribution < 1.29 is 17.6 Å². The van der Waals surface area contributed by atoms with Crippen LogP contribution in [0.25, 0.3) is 0 Å². The van der Waals surface area contributed by atoms with Crippen molar-refractivity contribution in [2.24, 2.45) is 0 Å². The number of hydrogen-bond acceptors (Lipinski definition) is 3. The van der Waals surface area contributed by atoms with E-state index in [-0.39, 0.29) is 6.42 Å². The summed E-state index contributed by atoms with van der Waals surface area (Å²) in [6.45, 7) is 0. The second-order valence-corrected chi connectivity index (χ2v) is 4.17. The second-order valence-electron chi connectivity index (χ2n) is 4.17. The number of rotatable bonds is 1. The second kappa shape index (κ2) is 3.79. The molecule has 0 aliphatic carbocycles. The van der Waals surface area contributed by atoms with Crippen LogP contribution in [-0.2, 0) is 0 Å². The quantitative estimate of drug-likeness (QED) is 0.853. The molecule has 2 aromatic heterocycles. The molecule has 96 valence electrons. The molecule has 1 aliphatic rings. The Morgan fingerprint density at radius 3 is 2.89 bits per heavy atom. The van der Waals surface area contributed by atoms with Gasteiger partial charge in [-0.2, -0.15) is 18.3 Å². The normalized spacial score (nSPS) is 23.5. The summed E-state index contributed by atoms with van der Waals surface area (Å²) in [6.07, 6.45) is -1.66. The van der Waals surface area contributed by atoms with Crippen LogP contribution in [0.2, 0.25) is 0 Å². The van der Waals surface area contributed by atoms with E-state index in [0.29, 0.717) is 11.6 Å². The molecule has 2 aromatic rings. The van der Waals surface area contributed by atoms with Gasteiger partial charge in [-0.25, -0.2) is 4.68 Å². The molecule has 0 spiro atoms. The number of fused-ring (bicyclic) bond motifs is 1. The van der Waals surface area contributed by atoms with E-state index in [1.165, 1.54) is 18.5 Å². The molecule has 1 N–H and O–H groups in total. The van der Waals surface area contributed by atoms with Gasteiger partial charge in [0.1, 0.15) is 11.6 Å². The van der Waals surface area contributed by atoms with Crippen LogP contribution in [0.5, 0.6) is 0 Å². The van der Waals surface area contributed by atoms with Crippen molar-refractivity contribution in [2.45, 2.75) is 24.7 Å². The lowest BCUT2D eigenvalue weighted by Crippen LogP contribution is -2.35. The van der Waals surface area contributed by atoms with Crippen LogP contribution in [0.1, 0.15) is 24.3 Å². The molecule has 4 nitrogen and oxygen atoms in total. The number of aromatic nitrogens is 2. The average Bonchev–Trinajstić information content (AvgIpc) is 2.97. The van der Waals surface area contributed by atoms with Gasteiger partial charge in [0.25, 0.3) is 0 Å². The van der Waals surface area contributed by atoms with Crippen molar-refractivity contribution >= 4 is 5.82 Å². The first-order valence-corrected chi connectivity index (χ1v) is 5.46. The standard InChI is InChI=1S/C11H10F3N3O/c12-11(13,14)9-6-7(8-2-1-5-18-8)16-10-3-4-15-17(9)10/h1-5,7,9,16H,6H2/t7-,9-/m0/s1. The largest absolute Gasteiger partial charge is 0.467 e. The van der Waals surface area contributed by atoms with Gasteiger partial charge in [0.2, 0.25) is 0 Å². The molecule has 3 heterocycles. The fourth-order valence-electron chi connectivity index (χ4n) is 2.19. The summed E-state index contributed by atoms with van der Waals surface area (Å²) in [6, 6.07) is 2.73. The summed E-state index contributed by atoms with van der Waals surface area (Å²) >= 11 is 0. The van der Waals surface area contributed by atoms with Crippen molar-refractivity contribution in [2.75, 3.05) is 5.32 Å². The van der Waals surface area contributed by atoms with E-state index in [4.69, 9.17) is 4.42 Å². The van der Waals surface area contributed by atoms with E-state index < -0.39 is 18.3 Å². The molecular weight excluding hydrogens is 247 g/mol. The highest BCUT2D eigenvalue weighted by Gasteiger charge is 2.46. The predicted octanol–water partition coefficient (Wildman–Crippen LogP) is 3.14. The lowest BCUT2D eigenvalue weighted by atomic mass is 10.0. The topological polar surface area (TPSA) is 43.0 Å². The van der Waals surface area contributed by atoms with Crippen molar-refractivity contribution in [3.63, 3.8) is 0 Å². The number of alkyl halides is 3. The Bertz CT molecular complexity index is 532. The van der Waals surface area contributed by atoms with Gasteiger partial charge in [-0.05, 0) is 12.1 Å². The zero-order valence-electron chi connectivity index (χ0n) is 9.19. The number of nitrogens with zero attached hydrogens (tertiary/aromatic N) is 2. The van der Waals surface area contributed by atoms with Gasteiger partial charge in [0.15, 0.2) is 6.04 Å². The molecule has 7 heteroatoms.